The first-order valence-corrected chi connectivity index (χ1v) is 5.17. The van der Waals surface area contributed by atoms with Gasteiger partial charge in [-0.3, -0.25) is 5.43 Å². The number of anilines is 1. The summed E-state index contributed by atoms with van der Waals surface area (Å²) in [6.07, 6.45) is 5.59. The van der Waals surface area contributed by atoms with Gasteiger partial charge in [0.15, 0.2) is 6.10 Å². The summed E-state index contributed by atoms with van der Waals surface area (Å²) in [6, 6.07) is 0.221. The number of nitrogens with zero attached hydrogens (tertiary/aromatic N) is 3. The second kappa shape index (κ2) is 6.50. The van der Waals surface area contributed by atoms with Gasteiger partial charge in [-0.15, -0.1) is 11.4 Å². The van der Waals surface area contributed by atoms with Gasteiger partial charge in [0, 0.05) is 0 Å². The van der Waals surface area contributed by atoms with Gasteiger partial charge in [-0.1, -0.05) is 12.8 Å². The number of hydrogen-bond donors (Lipinski definition) is 2. The number of nitrogens with two attached hydrogens (primary N) is 1. The molecule has 0 aliphatic carbocycles. The van der Waals surface area contributed by atoms with E-state index in [4.69, 9.17) is 21.7 Å². The molecule has 1 rings (SSSR count). The molecule has 1 heterocycles. The number of hydrogen-bond acceptors (Lipinski definition) is 7. The molecule has 0 aliphatic heterocycles. The minimum absolute atomic E-state index is 0.0736. The third kappa shape index (κ3) is 4.12. The second-order valence-corrected chi connectivity index (χ2v) is 3.14. The van der Waals surface area contributed by atoms with E-state index in [0.717, 1.165) is 6.42 Å². The molecule has 0 aromatic carbocycles. The molecule has 1 aromatic heterocycles. The van der Waals surface area contributed by atoms with E-state index in [9.17, 15) is 0 Å². The molecule has 0 amide bonds. The van der Waals surface area contributed by atoms with Crippen LogP contribution in [-0.2, 0) is 0 Å². The maximum Gasteiger partial charge on any atom is 0.325 e. The topological polar surface area (TPSA) is 95.2 Å². The molecule has 1 aromatic rings. The summed E-state index contributed by atoms with van der Waals surface area (Å²) in [7, 11) is 0. The average Bonchev–Trinajstić information content (AvgIpc) is 2.35. The average molecular weight is 237 g/mol. The number of aromatic nitrogens is 3. The van der Waals surface area contributed by atoms with E-state index >= 15 is 0 Å². The van der Waals surface area contributed by atoms with Crippen molar-refractivity contribution in [2.75, 3.05) is 12.0 Å². The van der Waals surface area contributed by atoms with Gasteiger partial charge < -0.3 is 9.47 Å². The van der Waals surface area contributed by atoms with Crippen molar-refractivity contribution in [1.82, 2.24) is 15.0 Å². The van der Waals surface area contributed by atoms with Crippen molar-refractivity contribution in [2.45, 2.75) is 26.4 Å². The minimum Gasteiger partial charge on any atom is -0.463 e. The van der Waals surface area contributed by atoms with Crippen LogP contribution in [0.4, 0.5) is 5.95 Å². The lowest BCUT2D eigenvalue weighted by molar-refractivity contribution is 0.240. The molecule has 0 bridgehead atoms. The van der Waals surface area contributed by atoms with Gasteiger partial charge in [0.2, 0.25) is 5.95 Å². The quantitative estimate of drug-likeness (QED) is 0.418. The fourth-order valence-corrected chi connectivity index (χ4v) is 0.905. The van der Waals surface area contributed by atoms with Gasteiger partial charge in [0.05, 0.1) is 6.61 Å². The summed E-state index contributed by atoms with van der Waals surface area (Å²) >= 11 is 0. The molecule has 17 heavy (non-hydrogen) atoms. The molecule has 0 saturated carbocycles. The highest BCUT2D eigenvalue weighted by Crippen LogP contribution is 2.13. The lowest BCUT2D eigenvalue weighted by Gasteiger charge is -2.09. The zero-order valence-corrected chi connectivity index (χ0v) is 9.80. The predicted molar refractivity (Wildman–Crippen MR) is 62.3 cm³/mol. The Labute approximate surface area is 99.7 Å². The van der Waals surface area contributed by atoms with Crippen LogP contribution in [0, 0.1) is 12.3 Å². The Bertz CT molecular complexity index is 404. The highest BCUT2D eigenvalue weighted by Gasteiger charge is 2.09. The molecule has 7 heteroatoms. The normalized spacial score (nSPS) is 11.4. The first-order valence-electron chi connectivity index (χ1n) is 5.17. The summed E-state index contributed by atoms with van der Waals surface area (Å²) in [5.41, 5.74) is 2.30. The molecule has 0 spiro atoms. The summed E-state index contributed by atoms with van der Waals surface area (Å²) in [4.78, 5) is 11.8. The van der Waals surface area contributed by atoms with Gasteiger partial charge in [-0.25, -0.2) is 5.84 Å². The monoisotopic (exact) mass is 237 g/mol. The molecule has 0 fully saturated rings. The highest BCUT2D eigenvalue weighted by molar-refractivity contribution is 5.25. The van der Waals surface area contributed by atoms with Crippen LogP contribution in [0.3, 0.4) is 0 Å². The zero-order valence-electron chi connectivity index (χ0n) is 9.80. The highest BCUT2D eigenvalue weighted by atomic mass is 16.5. The smallest absolute Gasteiger partial charge is 0.325 e. The van der Waals surface area contributed by atoms with E-state index in [2.05, 4.69) is 26.3 Å². The minimum atomic E-state index is -0.443. The van der Waals surface area contributed by atoms with Gasteiger partial charge in [0.25, 0.3) is 0 Å². The molecule has 92 valence electrons. The maximum absolute atomic E-state index is 5.26. The van der Waals surface area contributed by atoms with E-state index in [0.29, 0.717) is 6.61 Å². The molecule has 3 N–H and O–H groups in total. The van der Waals surface area contributed by atoms with Gasteiger partial charge >= 0.3 is 12.0 Å². The largest absolute Gasteiger partial charge is 0.463 e. The van der Waals surface area contributed by atoms with E-state index in [1.165, 1.54) is 0 Å². The first-order chi connectivity index (χ1) is 8.19. The number of rotatable bonds is 6. The number of nitrogens with one attached hydrogen (secondary N) is 1. The van der Waals surface area contributed by atoms with Crippen molar-refractivity contribution in [3.05, 3.63) is 0 Å². The predicted octanol–water partition coefficient (Wildman–Crippen LogP) is 0.346. The Kier molecular flexibility index (Phi) is 4.97. The van der Waals surface area contributed by atoms with Crippen molar-refractivity contribution in [3.63, 3.8) is 0 Å². The summed E-state index contributed by atoms with van der Waals surface area (Å²) < 4.78 is 10.5. The molecule has 0 aliphatic rings. The number of ether oxygens (including phenoxy) is 2. The van der Waals surface area contributed by atoms with Crippen LogP contribution in [0.2, 0.25) is 0 Å². The van der Waals surface area contributed by atoms with E-state index in [1.54, 1.807) is 6.92 Å². The zero-order chi connectivity index (χ0) is 12.7. The standard InChI is InChI=1S/C10H15N5O2/c1-4-6-16-9-12-8(15-11)13-10(14-9)17-7(3)5-2/h2,7H,4,6,11H2,1,3H3,(H,12,13,14,15). The van der Waals surface area contributed by atoms with Crippen LogP contribution >= 0.6 is 0 Å². The van der Waals surface area contributed by atoms with Crippen LogP contribution in [0.5, 0.6) is 12.0 Å². The molecule has 7 nitrogen and oxygen atoms in total. The van der Waals surface area contributed by atoms with Crippen LogP contribution in [0.15, 0.2) is 0 Å². The Morgan fingerprint density at radius 2 is 2.12 bits per heavy atom. The number of terminal acetylenes is 1. The third-order valence-corrected chi connectivity index (χ3v) is 1.68. The molecule has 0 saturated heterocycles. The van der Waals surface area contributed by atoms with E-state index in [-0.39, 0.29) is 18.0 Å². The summed E-state index contributed by atoms with van der Waals surface area (Å²) in [5.74, 6) is 7.78. The second-order valence-electron chi connectivity index (χ2n) is 3.14. The SMILES string of the molecule is C#CC(C)Oc1nc(NN)nc(OCCC)n1. The first kappa shape index (κ1) is 13.0. The van der Waals surface area contributed by atoms with Crippen molar-refractivity contribution in [1.29, 1.82) is 0 Å². The van der Waals surface area contributed by atoms with Crippen molar-refractivity contribution in [3.8, 4) is 24.4 Å². The molecule has 0 radical (unpaired) electrons. The maximum atomic E-state index is 5.26. The van der Waals surface area contributed by atoms with Crippen LogP contribution in [0.1, 0.15) is 20.3 Å². The molecular weight excluding hydrogens is 222 g/mol. The van der Waals surface area contributed by atoms with Gasteiger partial charge in [-0.2, -0.15) is 9.97 Å². The fourth-order valence-electron chi connectivity index (χ4n) is 0.905. The lowest BCUT2D eigenvalue weighted by Crippen LogP contribution is -2.16. The van der Waals surface area contributed by atoms with Gasteiger partial charge in [0.1, 0.15) is 0 Å². The van der Waals surface area contributed by atoms with Crippen LogP contribution in [-0.4, -0.2) is 27.7 Å². The summed E-state index contributed by atoms with van der Waals surface area (Å²) in [6.45, 7) is 4.17. The Morgan fingerprint density at radius 1 is 1.41 bits per heavy atom. The van der Waals surface area contributed by atoms with Crippen molar-refractivity contribution in [2.24, 2.45) is 5.84 Å². The molecular formula is C10H15N5O2. The van der Waals surface area contributed by atoms with Crippen LogP contribution in [0.25, 0.3) is 0 Å². The van der Waals surface area contributed by atoms with Crippen molar-refractivity contribution < 1.29 is 9.47 Å². The summed E-state index contributed by atoms with van der Waals surface area (Å²) in [5, 5.41) is 0. The lowest BCUT2D eigenvalue weighted by atomic mass is 10.4. The van der Waals surface area contributed by atoms with E-state index < -0.39 is 6.10 Å². The third-order valence-electron chi connectivity index (χ3n) is 1.68. The molecule has 1 unspecified atom stereocenters. The van der Waals surface area contributed by atoms with E-state index in [1.807, 2.05) is 6.92 Å². The molecule has 1 atom stereocenters. The Balaban J connectivity index is 2.85. The van der Waals surface area contributed by atoms with Crippen LogP contribution < -0.4 is 20.7 Å². The Hall–Kier alpha value is -2.07. The number of hydrazine groups is 1. The number of nitrogen functional groups attached to an aromatic ring is 1. The fraction of sp³-hybridized carbons (Fsp3) is 0.500. The van der Waals surface area contributed by atoms with Crippen molar-refractivity contribution >= 4 is 5.95 Å². The Morgan fingerprint density at radius 3 is 2.71 bits per heavy atom. The van der Waals surface area contributed by atoms with Gasteiger partial charge in [-0.05, 0) is 13.3 Å².